The Morgan fingerprint density at radius 2 is 1.90 bits per heavy atom. The van der Waals surface area contributed by atoms with E-state index in [2.05, 4.69) is 26.0 Å². The minimum Gasteiger partial charge on any atom is -0.383 e. The van der Waals surface area contributed by atoms with E-state index in [1.807, 2.05) is 35.0 Å². The van der Waals surface area contributed by atoms with Crippen LogP contribution in [0.2, 0.25) is 0 Å². The van der Waals surface area contributed by atoms with Crippen molar-refractivity contribution >= 4 is 17.2 Å². The number of anilines is 1. The lowest BCUT2D eigenvalue weighted by atomic mass is 10.1. The maximum Gasteiger partial charge on any atom is 0.131 e. The zero-order valence-electron chi connectivity index (χ0n) is 11.6. The largest absolute Gasteiger partial charge is 0.383 e. The van der Waals surface area contributed by atoms with Crippen molar-refractivity contribution in [1.29, 1.82) is 0 Å². The summed E-state index contributed by atoms with van der Waals surface area (Å²) in [7, 11) is 0. The average Bonchev–Trinajstić information content (AvgIpc) is 3.03. The molecule has 0 radical (unpaired) electrons. The maximum atomic E-state index is 6.30. The maximum absolute atomic E-state index is 6.30. The van der Waals surface area contributed by atoms with Crippen molar-refractivity contribution in [2.75, 3.05) is 5.73 Å². The minimum atomic E-state index is 0.736. The van der Waals surface area contributed by atoms with Gasteiger partial charge in [0.1, 0.15) is 11.5 Å². The minimum absolute atomic E-state index is 0.736. The number of hydrogen-bond acceptors (Lipinski definition) is 3. The molecule has 0 atom stereocenters. The first kappa shape index (κ1) is 12.9. The molecular weight excluding hydrogens is 266 g/mol. The number of aryl methyl sites for hydroxylation is 1. The van der Waals surface area contributed by atoms with Crippen LogP contribution in [-0.2, 0) is 6.42 Å². The number of thiophene rings is 1. The van der Waals surface area contributed by atoms with E-state index in [0.717, 1.165) is 29.2 Å². The second-order valence-electron chi connectivity index (χ2n) is 4.72. The monoisotopic (exact) mass is 283 g/mol. The van der Waals surface area contributed by atoms with Gasteiger partial charge in [-0.3, -0.25) is 0 Å². The van der Waals surface area contributed by atoms with Gasteiger partial charge in [-0.1, -0.05) is 25.1 Å². The highest BCUT2D eigenvalue weighted by molar-refractivity contribution is 7.15. The standard InChI is InChI=1S/C16H17N3S/c1-3-13-15(14-10-9-11(2)20-14)18-19(16(13)17)12-7-5-4-6-8-12/h4-10H,3,17H2,1-2H3. The summed E-state index contributed by atoms with van der Waals surface area (Å²) in [5.41, 5.74) is 9.42. The van der Waals surface area contributed by atoms with E-state index in [1.54, 1.807) is 11.3 Å². The fourth-order valence-electron chi connectivity index (χ4n) is 2.34. The Kier molecular flexibility index (Phi) is 3.32. The molecule has 2 N–H and O–H groups in total. The molecule has 20 heavy (non-hydrogen) atoms. The lowest BCUT2D eigenvalue weighted by Gasteiger charge is -2.03. The summed E-state index contributed by atoms with van der Waals surface area (Å²) in [5, 5.41) is 4.74. The number of rotatable bonds is 3. The van der Waals surface area contributed by atoms with E-state index in [0.29, 0.717) is 0 Å². The van der Waals surface area contributed by atoms with Gasteiger partial charge < -0.3 is 5.73 Å². The Hall–Kier alpha value is -2.07. The van der Waals surface area contributed by atoms with Crippen LogP contribution < -0.4 is 5.73 Å². The Bertz CT molecular complexity index is 726. The highest BCUT2D eigenvalue weighted by atomic mass is 32.1. The summed E-state index contributed by atoms with van der Waals surface area (Å²) in [6.07, 6.45) is 0.880. The smallest absolute Gasteiger partial charge is 0.131 e. The van der Waals surface area contributed by atoms with E-state index in [9.17, 15) is 0 Å². The van der Waals surface area contributed by atoms with Crippen molar-refractivity contribution in [2.45, 2.75) is 20.3 Å². The molecule has 0 bridgehead atoms. The van der Waals surface area contributed by atoms with Crippen molar-refractivity contribution in [2.24, 2.45) is 0 Å². The summed E-state index contributed by atoms with van der Waals surface area (Å²) in [4.78, 5) is 2.47. The normalized spacial score (nSPS) is 10.9. The predicted octanol–water partition coefficient (Wildman–Crippen LogP) is 4.05. The molecule has 0 saturated heterocycles. The van der Waals surface area contributed by atoms with Gasteiger partial charge in [0, 0.05) is 10.4 Å². The summed E-state index contributed by atoms with van der Waals surface area (Å²) in [6, 6.07) is 14.3. The highest BCUT2D eigenvalue weighted by Crippen LogP contribution is 2.33. The second-order valence-corrected chi connectivity index (χ2v) is 6.01. The van der Waals surface area contributed by atoms with Crippen molar-refractivity contribution in [3.63, 3.8) is 0 Å². The lowest BCUT2D eigenvalue weighted by Crippen LogP contribution is -2.02. The van der Waals surface area contributed by atoms with E-state index >= 15 is 0 Å². The molecule has 0 aliphatic carbocycles. The number of nitrogens with zero attached hydrogens (tertiary/aromatic N) is 2. The number of benzene rings is 1. The van der Waals surface area contributed by atoms with Crippen molar-refractivity contribution in [1.82, 2.24) is 9.78 Å². The summed E-state index contributed by atoms with van der Waals surface area (Å²) < 4.78 is 1.84. The van der Waals surface area contributed by atoms with Gasteiger partial charge in [-0.25, -0.2) is 4.68 Å². The van der Waals surface area contributed by atoms with Gasteiger partial charge in [0.2, 0.25) is 0 Å². The van der Waals surface area contributed by atoms with Gasteiger partial charge in [0.05, 0.1) is 10.6 Å². The van der Waals surface area contributed by atoms with Crippen LogP contribution in [0.3, 0.4) is 0 Å². The molecule has 4 heteroatoms. The van der Waals surface area contributed by atoms with Crippen LogP contribution in [0.4, 0.5) is 5.82 Å². The predicted molar refractivity (Wildman–Crippen MR) is 85.4 cm³/mol. The number of nitrogen functional groups attached to an aromatic ring is 1. The third kappa shape index (κ3) is 2.12. The van der Waals surface area contributed by atoms with Crippen LogP contribution in [0.5, 0.6) is 0 Å². The van der Waals surface area contributed by atoms with E-state index in [-0.39, 0.29) is 0 Å². The third-order valence-corrected chi connectivity index (χ3v) is 4.36. The zero-order valence-corrected chi connectivity index (χ0v) is 12.4. The number of hydrogen-bond donors (Lipinski definition) is 1. The average molecular weight is 283 g/mol. The molecule has 0 unspecified atom stereocenters. The Labute approximate surface area is 122 Å². The Balaban J connectivity index is 2.17. The molecule has 0 fully saturated rings. The number of para-hydroxylation sites is 1. The van der Waals surface area contributed by atoms with Gasteiger partial charge in [-0.2, -0.15) is 5.10 Å². The molecule has 2 aromatic heterocycles. The van der Waals surface area contributed by atoms with Crippen LogP contribution in [0.15, 0.2) is 42.5 Å². The summed E-state index contributed by atoms with van der Waals surface area (Å²) in [5.74, 6) is 0.736. The highest BCUT2D eigenvalue weighted by Gasteiger charge is 2.17. The van der Waals surface area contributed by atoms with Crippen LogP contribution in [-0.4, -0.2) is 9.78 Å². The third-order valence-electron chi connectivity index (χ3n) is 3.35. The Morgan fingerprint density at radius 1 is 1.15 bits per heavy atom. The quantitative estimate of drug-likeness (QED) is 0.788. The van der Waals surface area contributed by atoms with Crippen LogP contribution in [0.25, 0.3) is 16.3 Å². The van der Waals surface area contributed by atoms with Gasteiger partial charge in [-0.15, -0.1) is 11.3 Å². The molecule has 0 spiro atoms. The molecule has 1 aromatic carbocycles. The first-order chi connectivity index (χ1) is 9.70. The first-order valence-electron chi connectivity index (χ1n) is 6.70. The fourth-order valence-corrected chi connectivity index (χ4v) is 3.22. The molecule has 0 amide bonds. The lowest BCUT2D eigenvalue weighted by molar-refractivity contribution is 0.895. The molecule has 0 aliphatic rings. The SMILES string of the molecule is CCc1c(-c2ccc(C)s2)nn(-c2ccccc2)c1N. The molecular formula is C16H17N3S. The summed E-state index contributed by atoms with van der Waals surface area (Å²) in [6.45, 7) is 4.23. The van der Waals surface area contributed by atoms with Crippen LogP contribution in [0.1, 0.15) is 17.4 Å². The number of nitrogens with two attached hydrogens (primary N) is 1. The van der Waals surface area contributed by atoms with E-state index in [1.165, 1.54) is 9.75 Å². The molecule has 3 rings (SSSR count). The van der Waals surface area contributed by atoms with Gasteiger partial charge in [0.25, 0.3) is 0 Å². The molecule has 0 saturated carbocycles. The molecule has 3 nitrogen and oxygen atoms in total. The van der Waals surface area contributed by atoms with Gasteiger partial charge >= 0.3 is 0 Å². The molecule has 0 aliphatic heterocycles. The summed E-state index contributed by atoms with van der Waals surface area (Å²) >= 11 is 1.76. The van der Waals surface area contributed by atoms with Crippen LogP contribution >= 0.6 is 11.3 Å². The zero-order chi connectivity index (χ0) is 14.1. The van der Waals surface area contributed by atoms with E-state index < -0.39 is 0 Å². The van der Waals surface area contributed by atoms with Crippen molar-refractivity contribution < 1.29 is 0 Å². The molecule has 2 heterocycles. The molecule has 3 aromatic rings. The fraction of sp³-hybridized carbons (Fsp3) is 0.188. The Morgan fingerprint density at radius 3 is 2.50 bits per heavy atom. The van der Waals surface area contributed by atoms with Crippen molar-refractivity contribution in [3.8, 4) is 16.3 Å². The van der Waals surface area contributed by atoms with Crippen LogP contribution in [0, 0.1) is 6.92 Å². The first-order valence-corrected chi connectivity index (χ1v) is 7.52. The van der Waals surface area contributed by atoms with Gasteiger partial charge in [-0.05, 0) is 37.6 Å². The topological polar surface area (TPSA) is 43.8 Å². The van der Waals surface area contributed by atoms with Crippen molar-refractivity contribution in [3.05, 3.63) is 52.9 Å². The second kappa shape index (κ2) is 5.13. The number of aromatic nitrogens is 2. The van der Waals surface area contributed by atoms with E-state index in [4.69, 9.17) is 10.8 Å². The molecule has 102 valence electrons. The van der Waals surface area contributed by atoms with Gasteiger partial charge in [0.15, 0.2) is 0 Å².